The molecule has 0 aromatic heterocycles. The fourth-order valence-corrected chi connectivity index (χ4v) is 5.60. The van der Waals surface area contributed by atoms with E-state index in [4.69, 9.17) is 5.26 Å². The van der Waals surface area contributed by atoms with Crippen molar-refractivity contribution in [3.8, 4) is 11.8 Å². The summed E-state index contributed by atoms with van der Waals surface area (Å²) in [5.74, 6) is 1.77. The summed E-state index contributed by atoms with van der Waals surface area (Å²) in [5, 5.41) is 8.59. The first kappa shape index (κ1) is 24.6. The molecule has 2 aliphatic rings. The number of allylic oxidation sites excluding steroid dienone is 2. The molecule has 32 heavy (non-hydrogen) atoms. The van der Waals surface area contributed by atoms with E-state index in [9.17, 15) is 17.6 Å². The van der Waals surface area contributed by atoms with Gasteiger partial charge in [0.2, 0.25) is 0 Å². The molecule has 1 aromatic carbocycles. The zero-order valence-electron chi connectivity index (χ0n) is 18.5. The Labute approximate surface area is 188 Å². The summed E-state index contributed by atoms with van der Waals surface area (Å²) in [4.78, 5) is 0. The molecule has 6 heteroatoms. The Kier molecular flexibility index (Phi) is 9.02. The van der Waals surface area contributed by atoms with Gasteiger partial charge < -0.3 is 4.74 Å². The molecule has 0 unspecified atom stereocenters. The Morgan fingerprint density at radius 2 is 1.53 bits per heavy atom. The SMILES string of the molecule is N#C/C(F)=C/C1CCC([C@H]2CC[C@H](CCCCc3ccc(OC(F)(F)F)cc3)CC2)CC1. The molecule has 2 saturated carbocycles. The average Bonchev–Trinajstić information content (AvgIpc) is 2.78. The molecule has 0 heterocycles. The highest BCUT2D eigenvalue weighted by Crippen LogP contribution is 2.42. The minimum atomic E-state index is -4.64. The van der Waals surface area contributed by atoms with Crippen LogP contribution >= 0.6 is 0 Å². The Morgan fingerprint density at radius 3 is 2.09 bits per heavy atom. The summed E-state index contributed by atoms with van der Waals surface area (Å²) in [6.07, 6.45) is 10.7. The van der Waals surface area contributed by atoms with Gasteiger partial charge in [0.05, 0.1) is 0 Å². The molecule has 0 aliphatic heterocycles. The van der Waals surface area contributed by atoms with Gasteiger partial charge in [-0.1, -0.05) is 37.8 Å². The third-order valence-electron chi connectivity index (χ3n) is 7.35. The number of benzene rings is 1. The highest BCUT2D eigenvalue weighted by Gasteiger charge is 2.31. The summed E-state index contributed by atoms with van der Waals surface area (Å²) in [6.45, 7) is 0. The van der Waals surface area contributed by atoms with Crippen molar-refractivity contribution < 1.29 is 22.3 Å². The van der Waals surface area contributed by atoms with Crippen LogP contribution in [0, 0.1) is 35.0 Å². The summed E-state index contributed by atoms with van der Waals surface area (Å²) in [5.41, 5.74) is 1.04. The third kappa shape index (κ3) is 8.15. The zero-order chi connectivity index (χ0) is 23.0. The Hall–Kier alpha value is -2.03. The van der Waals surface area contributed by atoms with E-state index in [1.165, 1.54) is 50.3 Å². The van der Waals surface area contributed by atoms with Crippen molar-refractivity contribution in [3.63, 3.8) is 0 Å². The van der Waals surface area contributed by atoms with Gasteiger partial charge in [-0.3, -0.25) is 0 Å². The summed E-state index contributed by atoms with van der Waals surface area (Å²) >= 11 is 0. The van der Waals surface area contributed by atoms with Crippen molar-refractivity contribution >= 4 is 0 Å². The van der Waals surface area contributed by atoms with E-state index in [0.29, 0.717) is 0 Å². The maximum absolute atomic E-state index is 13.2. The number of rotatable bonds is 8. The van der Waals surface area contributed by atoms with Crippen LogP contribution in [0.15, 0.2) is 36.2 Å². The van der Waals surface area contributed by atoms with Crippen LogP contribution in [-0.4, -0.2) is 6.36 Å². The lowest BCUT2D eigenvalue weighted by atomic mass is 9.68. The number of halogens is 4. The Morgan fingerprint density at radius 1 is 0.938 bits per heavy atom. The molecule has 0 saturated heterocycles. The van der Waals surface area contributed by atoms with Gasteiger partial charge >= 0.3 is 6.36 Å². The number of hydrogen-bond acceptors (Lipinski definition) is 2. The number of aryl methyl sites for hydroxylation is 1. The smallest absolute Gasteiger partial charge is 0.406 e. The number of ether oxygens (including phenoxy) is 1. The first-order chi connectivity index (χ1) is 15.3. The van der Waals surface area contributed by atoms with Crippen molar-refractivity contribution in [1.29, 1.82) is 5.26 Å². The maximum Gasteiger partial charge on any atom is 0.573 e. The lowest BCUT2D eigenvalue weighted by Crippen LogP contribution is -2.25. The van der Waals surface area contributed by atoms with Crippen molar-refractivity contribution in [2.75, 3.05) is 0 Å². The van der Waals surface area contributed by atoms with E-state index in [2.05, 4.69) is 4.74 Å². The van der Waals surface area contributed by atoms with Crippen LogP contribution in [0.4, 0.5) is 17.6 Å². The standard InChI is InChI=1S/C26H33F4NO/c27-24(18-31)17-21-7-13-23(14-8-21)22-11-5-19(6-12-22)3-1-2-4-20-9-15-25(16-10-20)32-26(28,29)30/h9-10,15-17,19,21-23H,1-8,11-14H2/b24-17-/t19-,21?,22-,23?. The van der Waals surface area contributed by atoms with Gasteiger partial charge in [0.25, 0.3) is 0 Å². The fourth-order valence-electron chi connectivity index (χ4n) is 5.60. The molecule has 1 aromatic rings. The van der Waals surface area contributed by atoms with E-state index < -0.39 is 12.2 Å². The maximum atomic E-state index is 13.2. The number of alkyl halides is 3. The van der Waals surface area contributed by atoms with Crippen LogP contribution in [-0.2, 0) is 6.42 Å². The minimum Gasteiger partial charge on any atom is -0.406 e. The zero-order valence-corrected chi connectivity index (χ0v) is 18.5. The lowest BCUT2D eigenvalue weighted by Gasteiger charge is -2.37. The molecular formula is C26H33F4NO. The molecule has 0 spiro atoms. The van der Waals surface area contributed by atoms with Crippen molar-refractivity contribution in [2.24, 2.45) is 23.7 Å². The topological polar surface area (TPSA) is 33.0 Å². The quantitative estimate of drug-likeness (QED) is 0.226. The van der Waals surface area contributed by atoms with Crippen LogP contribution in [0.3, 0.4) is 0 Å². The van der Waals surface area contributed by atoms with Crippen LogP contribution in [0.2, 0.25) is 0 Å². The largest absolute Gasteiger partial charge is 0.573 e. The molecule has 2 fully saturated rings. The predicted octanol–water partition coefficient (Wildman–Crippen LogP) is 8.29. The highest BCUT2D eigenvalue weighted by molar-refractivity contribution is 5.27. The second-order valence-electron chi connectivity index (χ2n) is 9.52. The number of unbranched alkanes of at least 4 members (excludes halogenated alkanes) is 1. The normalized spacial score (nSPS) is 27.0. The van der Waals surface area contributed by atoms with Gasteiger partial charge in [0, 0.05) is 0 Å². The first-order valence-corrected chi connectivity index (χ1v) is 11.9. The van der Waals surface area contributed by atoms with Crippen molar-refractivity contribution in [1.82, 2.24) is 0 Å². The van der Waals surface area contributed by atoms with Crippen LogP contribution < -0.4 is 4.74 Å². The van der Waals surface area contributed by atoms with Crippen LogP contribution in [0.25, 0.3) is 0 Å². The molecule has 2 nitrogen and oxygen atoms in total. The first-order valence-electron chi connectivity index (χ1n) is 11.9. The van der Waals surface area contributed by atoms with Gasteiger partial charge in [-0.2, -0.15) is 9.65 Å². The molecule has 176 valence electrons. The molecule has 3 rings (SSSR count). The van der Waals surface area contributed by atoms with E-state index in [0.717, 1.165) is 68.3 Å². The van der Waals surface area contributed by atoms with E-state index in [-0.39, 0.29) is 11.7 Å². The molecule has 0 bridgehead atoms. The molecule has 0 amide bonds. The molecule has 2 aliphatic carbocycles. The lowest BCUT2D eigenvalue weighted by molar-refractivity contribution is -0.274. The van der Waals surface area contributed by atoms with Gasteiger partial charge in [-0.25, -0.2) is 0 Å². The average molecular weight is 452 g/mol. The second-order valence-corrected chi connectivity index (χ2v) is 9.52. The van der Waals surface area contributed by atoms with Gasteiger partial charge in [-0.15, -0.1) is 13.2 Å². The highest BCUT2D eigenvalue weighted by atomic mass is 19.4. The fraction of sp³-hybridized carbons (Fsp3) is 0.654. The number of nitriles is 1. The Balaban J connectivity index is 1.29. The van der Waals surface area contributed by atoms with E-state index in [1.807, 2.05) is 0 Å². The molecule has 0 radical (unpaired) electrons. The van der Waals surface area contributed by atoms with E-state index in [1.54, 1.807) is 18.2 Å². The molecule has 0 N–H and O–H groups in total. The van der Waals surface area contributed by atoms with Crippen molar-refractivity contribution in [3.05, 3.63) is 41.7 Å². The minimum absolute atomic E-state index is 0.169. The van der Waals surface area contributed by atoms with Gasteiger partial charge in [0.1, 0.15) is 11.8 Å². The monoisotopic (exact) mass is 451 g/mol. The van der Waals surface area contributed by atoms with Gasteiger partial charge in [0.15, 0.2) is 5.83 Å². The summed E-state index contributed by atoms with van der Waals surface area (Å²) < 4.78 is 53.7. The van der Waals surface area contributed by atoms with Crippen LogP contribution in [0.5, 0.6) is 5.75 Å². The summed E-state index contributed by atoms with van der Waals surface area (Å²) in [6, 6.07) is 7.78. The van der Waals surface area contributed by atoms with Crippen molar-refractivity contribution in [2.45, 2.75) is 83.4 Å². The Bertz CT molecular complexity index is 765. The summed E-state index contributed by atoms with van der Waals surface area (Å²) in [7, 11) is 0. The third-order valence-corrected chi connectivity index (χ3v) is 7.35. The predicted molar refractivity (Wildman–Crippen MR) is 116 cm³/mol. The van der Waals surface area contributed by atoms with E-state index >= 15 is 0 Å². The number of hydrogen-bond donors (Lipinski definition) is 0. The molecular weight excluding hydrogens is 418 g/mol. The molecule has 0 atom stereocenters. The van der Waals surface area contributed by atoms with Crippen LogP contribution in [0.1, 0.15) is 76.2 Å². The number of nitrogens with zero attached hydrogens (tertiary/aromatic N) is 1. The second kappa shape index (κ2) is 11.7. The van der Waals surface area contributed by atoms with Gasteiger partial charge in [-0.05, 0) is 98.8 Å².